The lowest BCUT2D eigenvalue weighted by atomic mass is 10.0. The van der Waals surface area contributed by atoms with E-state index in [1.165, 1.54) is 5.48 Å². The van der Waals surface area contributed by atoms with Crippen molar-refractivity contribution in [2.75, 3.05) is 13.7 Å². The van der Waals surface area contributed by atoms with Gasteiger partial charge in [-0.05, 0) is 34.9 Å². The van der Waals surface area contributed by atoms with E-state index in [1.54, 1.807) is 7.11 Å². The Labute approximate surface area is 111 Å². The van der Waals surface area contributed by atoms with Gasteiger partial charge in [-0.2, -0.15) is 0 Å². The lowest BCUT2D eigenvalue weighted by Gasteiger charge is -2.06. The molecule has 0 heterocycles. The molecule has 5 nitrogen and oxygen atoms in total. The Kier molecular flexibility index (Phi) is 4.20. The first kappa shape index (κ1) is 13.2. The minimum absolute atomic E-state index is 0.466. The van der Waals surface area contributed by atoms with Gasteiger partial charge in [-0.1, -0.05) is 24.3 Å². The normalized spacial score (nSPS) is 10.2. The van der Waals surface area contributed by atoms with Gasteiger partial charge in [-0.25, -0.2) is 10.3 Å². The number of fused-ring (bicyclic) bond motifs is 1. The number of hydroxylamine groups is 1. The van der Waals surface area contributed by atoms with E-state index in [0.717, 1.165) is 22.1 Å². The highest BCUT2D eigenvalue weighted by Crippen LogP contribution is 2.21. The van der Waals surface area contributed by atoms with Gasteiger partial charge in [0, 0.05) is 6.54 Å². The average molecular weight is 260 g/mol. The van der Waals surface area contributed by atoms with Gasteiger partial charge in [0.25, 0.3) is 0 Å². The van der Waals surface area contributed by atoms with Crippen molar-refractivity contribution in [2.24, 2.45) is 0 Å². The van der Waals surface area contributed by atoms with Crippen LogP contribution in [-0.2, 0) is 6.42 Å². The SMILES string of the molecule is COc1ccc2cc(CCNC(=O)NO)ccc2c1. The summed E-state index contributed by atoms with van der Waals surface area (Å²) < 4.78 is 5.18. The molecule has 0 saturated heterocycles. The molecule has 0 unspecified atom stereocenters. The molecule has 100 valence electrons. The van der Waals surface area contributed by atoms with Crippen LogP contribution in [0.15, 0.2) is 36.4 Å². The molecular weight excluding hydrogens is 244 g/mol. The predicted molar refractivity (Wildman–Crippen MR) is 72.5 cm³/mol. The van der Waals surface area contributed by atoms with Gasteiger partial charge in [-0.3, -0.25) is 5.21 Å². The van der Waals surface area contributed by atoms with E-state index in [9.17, 15) is 4.79 Å². The van der Waals surface area contributed by atoms with Gasteiger partial charge in [-0.15, -0.1) is 0 Å². The number of ether oxygens (including phenoxy) is 1. The van der Waals surface area contributed by atoms with Crippen molar-refractivity contribution < 1.29 is 14.7 Å². The summed E-state index contributed by atoms with van der Waals surface area (Å²) in [6, 6.07) is 11.4. The first-order chi connectivity index (χ1) is 9.22. The molecule has 0 aliphatic carbocycles. The summed E-state index contributed by atoms with van der Waals surface area (Å²) in [5.74, 6) is 0.835. The average Bonchev–Trinajstić information content (AvgIpc) is 2.46. The molecule has 2 aromatic rings. The second-order valence-electron chi connectivity index (χ2n) is 4.17. The van der Waals surface area contributed by atoms with Crippen LogP contribution in [0.2, 0.25) is 0 Å². The van der Waals surface area contributed by atoms with Gasteiger partial charge in [0.1, 0.15) is 5.75 Å². The molecule has 0 aromatic heterocycles. The topological polar surface area (TPSA) is 70.6 Å². The van der Waals surface area contributed by atoms with Crippen LogP contribution in [0.5, 0.6) is 5.75 Å². The molecule has 0 spiro atoms. The standard InChI is InChI=1S/C14H16N2O3/c1-19-13-5-4-11-8-10(2-3-12(11)9-13)6-7-15-14(17)16-18/h2-5,8-9,18H,6-7H2,1H3,(H2,15,16,17). The number of carbonyl (C=O) groups excluding carboxylic acids is 1. The van der Waals surface area contributed by atoms with Crippen molar-refractivity contribution >= 4 is 16.8 Å². The van der Waals surface area contributed by atoms with Crippen molar-refractivity contribution in [3.63, 3.8) is 0 Å². The van der Waals surface area contributed by atoms with Crippen LogP contribution in [0.4, 0.5) is 4.79 Å². The smallest absolute Gasteiger partial charge is 0.338 e. The van der Waals surface area contributed by atoms with Crippen molar-refractivity contribution in [2.45, 2.75) is 6.42 Å². The van der Waals surface area contributed by atoms with E-state index < -0.39 is 6.03 Å². The molecule has 0 saturated carbocycles. The third kappa shape index (κ3) is 3.35. The van der Waals surface area contributed by atoms with E-state index >= 15 is 0 Å². The maximum Gasteiger partial charge on any atom is 0.338 e. The molecule has 2 amide bonds. The number of amides is 2. The molecule has 0 radical (unpaired) electrons. The molecule has 2 aromatic carbocycles. The number of rotatable bonds is 4. The minimum Gasteiger partial charge on any atom is -0.497 e. The first-order valence-electron chi connectivity index (χ1n) is 5.97. The van der Waals surface area contributed by atoms with E-state index in [1.807, 2.05) is 30.3 Å². The van der Waals surface area contributed by atoms with E-state index in [-0.39, 0.29) is 0 Å². The monoisotopic (exact) mass is 260 g/mol. The van der Waals surface area contributed by atoms with E-state index in [4.69, 9.17) is 9.94 Å². The second kappa shape index (κ2) is 6.06. The molecule has 2 rings (SSSR count). The number of carbonyl (C=O) groups is 1. The summed E-state index contributed by atoms with van der Waals surface area (Å²) in [6.07, 6.45) is 0.704. The van der Waals surface area contributed by atoms with E-state index in [0.29, 0.717) is 13.0 Å². The molecule has 0 aliphatic heterocycles. The number of hydrogen-bond donors (Lipinski definition) is 3. The third-order valence-corrected chi connectivity index (χ3v) is 2.91. The van der Waals surface area contributed by atoms with Crippen LogP contribution in [0.1, 0.15) is 5.56 Å². The number of nitrogens with one attached hydrogen (secondary N) is 2. The number of benzene rings is 2. The van der Waals surface area contributed by atoms with Gasteiger partial charge in [0.15, 0.2) is 0 Å². The summed E-state index contributed by atoms with van der Waals surface area (Å²) in [7, 11) is 1.65. The fourth-order valence-corrected chi connectivity index (χ4v) is 1.92. The Balaban J connectivity index is 2.07. The lowest BCUT2D eigenvalue weighted by molar-refractivity contribution is 0.162. The largest absolute Gasteiger partial charge is 0.497 e. The molecule has 19 heavy (non-hydrogen) atoms. The zero-order valence-electron chi connectivity index (χ0n) is 10.6. The fourth-order valence-electron chi connectivity index (χ4n) is 1.92. The second-order valence-corrected chi connectivity index (χ2v) is 4.17. The molecule has 5 heteroatoms. The number of hydrogen-bond acceptors (Lipinski definition) is 3. The fraction of sp³-hybridized carbons (Fsp3) is 0.214. The summed E-state index contributed by atoms with van der Waals surface area (Å²) >= 11 is 0. The quantitative estimate of drug-likeness (QED) is 0.582. The van der Waals surface area contributed by atoms with Gasteiger partial charge >= 0.3 is 6.03 Å². The minimum atomic E-state index is -0.592. The maximum absolute atomic E-state index is 10.8. The van der Waals surface area contributed by atoms with Crippen LogP contribution < -0.4 is 15.5 Å². The highest BCUT2D eigenvalue weighted by atomic mass is 16.5. The predicted octanol–water partition coefficient (Wildman–Crippen LogP) is 2.08. The molecule has 0 bridgehead atoms. The summed E-state index contributed by atoms with van der Waals surface area (Å²) in [5.41, 5.74) is 2.65. The van der Waals surface area contributed by atoms with Crippen LogP contribution in [0.3, 0.4) is 0 Å². The first-order valence-corrected chi connectivity index (χ1v) is 5.97. The van der Waals surface area contributed by atoms with Crippen molar-refractivity contribution in [3.05, 3.63) is 42.0 Å². The summed E-state index contributed by atoms with van der Waals surface area (Å²) in [4.78, 5) is 10.8. The highest BCUT2D eigenvalue weighted by Gasteiger charge is 2.00. The van der Waals surface area contributed by atoms with Crippen LogP contribution in [-0.4, -0.2) is 24.9 Å². The zero-order valence-corrected chi connectivity index (χ0v) is 10.6. The van der Waals surface area contributed by atoms with Crippen molar-refractivity contribution in [3.8, 4) is 5.75 Å². The van der Waals surface area contributed by atoms with Gasteiger partial charge in [0.2, 0.25) is 0 Å². The molecular formula is C14H16N2O3. The molecule has 0 fully saturated rings. The molecule has 3 N–H and O–H groups in total. The Morgan fingerprint density at radius 2 is 1.95 bits per heavy atom. The summed E-state index contributed by atoms with van der Waals surface area (Å²) in [5, 5.41) is 13.1. The Hall–Kier alpha value is -2.27. The van der Waals surface area contributed by atoms with Crippen LogP contribution in [0, 0.1) is 0 Å². The van der Waals surface area contributed by atoms with Crippen molar-refractivity contribution in [1.82, 2.24) is 10.8 Å². The Bertz CT molecular complexity index is 584. The van der Waals surface area contributed by atoms with Crippen LogP contribution in [0.25, 0.3) is 10.8 Å². The highest BCUT2D eigenvalue weighted by molar-refractivity contribution is 5.84. The van der Waals surface area contributed by atoms with Gasteiger partial charge in [0.05, 0.1) is 7.11 Å². The molecule has 0 atom stereocenters. The van der Waals surface area contributed by atoms with E-state index in [2.05, 4.69) is 11.4 Å². The van der Waals surface area contributed by atoms with Gasteiger partial charge < -0.3 is 10.1 Å². The third-order valence-electron chi connectivity index (χ3n) is 2.91. The van der Waals surface area contributed by atoms with Crippen LogP contribution >= 0.6 is 0 Å². The van der Waals surface area contributed by atoms with Crippen molar-refractivity contribution in [1.29, 1.82) is 0 Å². The lowest BCUT2D eigenvalue weighted by Crippen LogP contribution is -2.34. The number of urea groups is 1. The molecule has 0 aliphatic rings. The Morgan fingerprint density at radius 1 is 1.21 bits per heavy atom. The summed E-state index contributed by atoms with van der Waals surface area (Å²) in [6.45, 7) is 0.466. The number of methoxy groups -OCH3 is 1. The Morgan fingerprint density at radius 3 is 2.68 bits per heavy atom. The maximum atomic E-state index is 10.8. The zero-order chi connectivity index (χ0) is 13.7.